The Labute approximate surface area is 167 Å². The van der Waals surface area contributed by atoms with Crippen LogP contribution in [0.3, 0.4) is 0 Å². The van der Waals surface area contributed by atoms with Gasteiger partial charge >= 0.3 is 0 Å². The van der Waals surface area contributed by atoms with Gasteiger partial charge in [-0.3, -0.25) is 4.79 Å². The van der Waals surface area contributed by atoms with E-state index in [1.807, 2.05) is 30.0 Å². The number of aromatic nitrogens is 4. The molecular weight excluding hydrogens is 376 g/mol. The second kappa shape index (κ2) is 7.67. The van der Waals surface area contributed by atoms with Crippen LogP contribution in [0.25, 0.3) is 0 Å². The summed E-state index contributed by atoms with van der Waals surface area (Å²) in [6.45, 7) is 6.27. The number of anilines is 2. The number of nitrogens with zero attached hydrogens (tertiary/aromatic N) is 5. The van der Waals surface area contributed by atoms with Crippen molar-refractivity contribution in [2.75, 3.05) is 11.9 Å². The predicted octanol–water partition coefficient (Wildman–Crippen LogP) is 3.82. The summed E-state index contributed by atoms with van der Waals surface area (Å²) in [6, 6.07) is 5.70. The Morgan fingerprint density at radius 3 is 2.89 bits per heavy atom. The summed E-state index contributed by atoms with van der Waals surface area (Å²) in [7, 11) is 0. The maximum absolute atomic E-state index is 13.0. The Hall–Kier alpha value is -2.81. The number of carbonyl (C=O) groups excluding carboxylic acids is 1. The van der Waals surface area contributed by atoms with Gasteiger partial charge in [0.1, 0.15) is 10.8 Å². The zero-order chi connectivity index (χ0) is 19.7. The average molecular weight is 398 g/mol. The number of amides is 1. The highest BCUT2D eigenvalue weighted by molar-refractivity contribution is 7.15. The van der Waals surface area contributed by atoms with Gasteiger partial charge in [-0.05, 0) is 38.3 Å². The molecular formula is C19H22N6O2S. The minimum atomic E-state index is -0.127. The van der Waals surface area contributed by atoms with Crippen LogP contribution in [0.5, 0.6) is 0 Å². The number of hydrogen-bond acceptors (Lipinski definition) is 8. The van der Waals surface area contributed by atoms with E-state index in [2.05, 4.69) is 20.5 Å². The minimum absolute atomic E-state index is 0.0836. The van der Waals surface area contributed by atoms with Gasteiger partial charge in [-0.2, -0.15) is 0 Å². The Bertz CT molecular complexity index is 998. The fraction of sp³-hybridized carbons (Fsp3) is 0.421. The molecule has 1 atom stereocenters. The molecule has 3 aromatic heterocycles. The van der Waals surface area contributed by atoms with Crippen LogP contribution in [0, 0.1) is 13.8 Å². The number of oxazole rings is 1. The second-order valence-electron chi connectivity index (χ2n) is 6.73. The van der Waals surface area contributed by atoms with Gasteiger partial charge in [-0.25, -0.2) is 9.97 Å². The molecule has 8 nitrogen and oxygen atoms in total. The SMILES string of the molecule is CCc1nnc(Nc2cccc(C3CCCN3C(=O)c3oc(C)nc3C)n2)s1. The van der Waals surface area contributed by atoms with E-state index in [0.29, 0.717) is 34.8 Å². The maximum Gasteiger partial charge on any atom is 0.292 e. The van der Waals surface area contributed by atoms with E-state index in [1.54, 1.807) is 13.8 Å². The third kappa shape index (κ3) is 3.62. The van der Waals surface area contributed by atoms with Crippen LogP contribution in [0.2, 0.25) is 0 Å². The summed E-state index contributed by atoms with van der Waals surface area (Å²) in [5.74, 6) is 1.39. The molecule has 1 amide bonds. The summed E-state index contributed by atoms with van der Waals surface area (Å²) in [4.78, 5) is 23.8. The Morgan fingerprint density at radius 1 is 1.32 bits per heavy atom. The lowest BCUT2D eigenvalue weighted by atomic mass is 10.1. The molecule has 146 valence electrons. The fourth-order valence-corrected chi connectivity index (χ4v) is 4.13. The minimum Gasteiger partial charge on any atom is -0.436 e. The number of aryl methyl sites for hydroxylation is 3. The first-order valence-electron chi connectivity index (χ1n) is 9.36. The van der Waals surface area contributed by atoms with Gasteiger partial charge in [0.2, 0.25) is 10.9 Å². The van der Waals surface area contributed by atoms with E-state index in [4.69, 9.17) is 9.40 Å². The van der Waals surface area contributed by atoms with Crippen LogP contribution >= 0.6 is 11.3 Å². The highest BCUT2D eigenvalue weighted by atomic mass is 32.1. The molecule has 0 bridgehead atoms. The van der Waals surface area contributed by atoms with Crippen molar-refractivity contribution in [2.45, 2.75) is 46.1 Å². The third-order valence-electron chi connectivity index (χ3n) is 4.73. The molecule has 4 heterocycles. The van der Waals surface area contributed by atoms with Gasteiger partial charge < -0.3 is 14.6 Å². The van der Waals surface area contributed by atoms with Crippen LogP contribution in [-0.4, -0.2) is 37.5 Å². The van der Waals surface area contributed by atoms with E-state index < -0.39 is 0 Å². The molecule has 1 N–H and O–H groups in total. The lowest BCUT2D eigenvalue weighted by molar-refractivity contribution is 0.0698. The number of carbonyl (C=O) groups is 1. The molecule has 1 fully saturated rings. The summed E-state index contributed by atoms with van der Waals surface area (Å²) >= 11 is 1.52. The molecule has 3 aromatic rings. The maximum atomic E-state index is 13.0. The molecule has 9 heteroatoms. The zero-order valence-corrected chi connectivity index (χ0v) is 16.9. The first kappa shape index (κ1) is 18.5. The highest BCUT2D eigenvalue weighted by Crippen LogP contribution is 2.33. The average Bonchev–Trinajstić information content (AvgIpc) is 3.41. The van der Waals surface area contributed by atoms with Crippen molar-refractivity contribution in [1.82, 2.24) is 25.1 Å². The molecule has 0 saturated carbocycles. The summed E-state index contributed by atoms with van der Waals surface area (Å²) in [5.41, 5.74) is 1.48. The van der Waals surface area contributed by atoms with E-state index in [0.717, 1.165) is 30.0 Å². The number of rotatable bonds is 5. The normalized spacial score (nSPS) is 16.5. The van der Waals surface area contributed by atoms with E-state index >= 15 is 0 Å². The number of pyridine rings is 1. The summed E-state index contributed by atoms with van der Waals surface area (Å²) < 4.78 is 5.54. The number of nitrogens with one attached hydrogen (secondary N) is 1. The highest BCUT2D eigenvalue weighted by Gasteiger charge is 2.34. The van der Waals surface area contributed by atoms with Crippen LogP contribution < -0.4 is 5.32 Å². The standard InChI is InChI=1S/C19H22N6O2S/c1-4-16-23-24-19(28-16)22-15-9-5-7-13(21-15)14-8-6-10-25(14)18(26)17-11(2)20-12(3)27-17/h5,7,9,14H,4,6,8,10H2,1-3H3,(H,21,22,24). The summed E-state index contributed by atoms with van der Waals surface area (Å²) in [5, 5.41) is 13.2. The fourth-order valence-electron chi connectivity index (χ4n) is 3.44. The van der Waals surface area contributed by atoms with Gasteiger partial charge in [-0.1, -0.05) is 24.3 Å². The van der Waals surface area contributed by atoms with Crippen molar-refractivity contribution in [1.29, 1.82) is 0 Å². The van der Waals surface area contributed by atoms with Crippen molar-refractivity contribution >= 4 is 28.2 Å². The van der Waals surface area contributed by atoms with Crippen molar-refractivity contribution in [3.63, 3.8) is 0 Å². The molecule has 0 aliphatic carbocycles. The van der Waals surface area contributed by atoms with Crippen molar-refractivity contribution in [2.24, 2.45) is 0 Å². The number of likely N-dealkylation sites (tertiary alicyclic amines) is 1. The largest absolute Gasteiger partial charge is 0.436 e. The van der Waals surface area contributed by atoms with Crippen molar-refractivity contribution < 1.29 is 9.21 Å². The van der Waals surface area contributed by atoms with E-state index in [-0.39, 0.29) is 11.9 Å². The molecule has 0 spiro atoms. The van der Waals surface area contributed by atoms with Gasteiger partial charge in [0.25, 0.3) is 5.91 Å². The van der Waals surface area contributed by atoms with E-state index in [1.165, 1.54) is 11.3 Å². The molecule has 1 aliphatic rings. The van der Waals surface area contributed by atoms with E-state index in [9.17, 15) is 4.79 Å². The van der Waals surface area contributed by atoms with Crippen LogP contribution in [0.1, 0.15) is 58.6 Å². The third-order valence-corrected chi connectivity index (χ3v) is 5.71. The molecule has 1 unspecified atom stereocenters. The number of hydrogen-bond donors (Lipinski definition) is 1. The molecule has 1 saturated heterocycles. The topological polar surface area (TPSA) is 97.0 Å². The zero-order valence-electron chi connectivity index (χ0n) is 16.1. The van der Waals surface area contributed by atoms with Crippen molar-refractivity contribution in [3.05, 3.63) is 46.2 Å². The Kier molecular flexibility index (Phi) is 5.08. The smallest absolute Gasteiger partial charge is 0.292 e. The van der Waals surface area contributed by atoms with Crippen LogP contribution in [-0.2, 0) is 6.42 Å². The summed E-state index contributed by atoms with van der Waals surface area (Å²) in [6.07, 6.45) is 2.65. The molecule has 4 rings (SSSR count). The van der Waals surface area contributed by atoms with Gasteiger partial charge in [-0.15, -0.1) is 10.2 Å². The first-order valence-corrected chi connectivity index (χ1v) is 10.2. The van der Waals surface area contributed by atoms with Crippen LogP contribution in [0.4, 0.5) is 10.9 Å². The van der Waals surface area contributed by atoms with Gasteiger partial charge in [0, 0.05) is 13.5 Å². The molecule has 0 radical (unpaired) electrons. The quantitative estimate of drug-likeness (QED) is 0.698. The van der Waals surface area contributed by atoms with Crippen molar-refractivity contribution in [3.8, 4) is 0 Å². The Balaban J connectivity index is 1.55. The Morgan fingerprint density at radius 2 is 2.18 bits per heavy atom. The van der Waals surface area contributed by atoms with Gasteiger partial charge in [0.15, 0.2) is 5.89 Å². The molecule has 1 aliphatic heterocycles. The predicted molar refractivity (Wildman–Crippen MR) is 106 cm³/mol. The molecule has 28 heavy (non-hydrogen) atoms. The monoisotopic (exact) mass is 398 g/mol. The first-order chi connectivity index (χ1) is 13.5. The lowest BCUT2D eigenvalue weighted by Crippen LogP contribution is -2.31. The van der Waals surface area contributed by atoms with Crippen LogP contribution in [0.15, 0.2) is 22.6 Å². The molecule has 0 aromatic carbocycles. The second-order valence-corrected chi connectivity index (χ2v) is 7.79. The van der Waals surface area contributed by atoms with Gasteiger partial charge in [0.05, 0.1) is 17.4 Å². The lowest BCUT2D eigenvalue weighted by Gasteiger charge is -2.23.